The summed E-state index contributed by atoms with van der Waals surface area (Å²) >= 11 is 0. The molecule has 0 radical (unpaired) electrons. The molecule has 0 amide bonds. The van der Waals surface area contributed by atoms with Gasteiger partial charge >= 0.3 is 0 Å². The number of hydrogen-bond donors (Lipinski definition) is 1. The average molecular weight is 236 g/mol. The second-order valence-electron chi connectivity index (χ2n) is 4.65. The largest absolute Gasteiger partial charge is 0.491 e. The highest BCUT2D eigenvalue weighted by molar-refractivity contribution is 5.44. The Balaban J connectivity index is 1.93. The number of hydrogen-bond acceptors (Lipinski definition) is 3. The normalized spacial score (nSPS) is 18.5. The molecule has 1 unspecified atom stereocenters. The summed E-state index contributed by atoms with van der Waals surface area (Å²) in [5.41, 5.74) is 2.18. The van der Waals surface area contributed by atoms with Crippen molar-refractivity contribution in [2.24, 2.45) is 0 Å². The Hall–Kier alpha value is -1.06. The van der Waals surface area contributed by atoms with E-state index in [2.05, 4.69) is 0 Å². The SMILES string of the molecule is CC(C)OCCOc1cccc2c1CCC2O. The van der Waals surface area contributed by atoms with Crippen LogP contribution >= 0.6 is 0 Å². The molecule has 1 aliphatic carbocycles. The first-order valence-electron chi connectivity index (χ1n) is 6.22. The molecule has 3 nitrogen and oxygen atoms in total. The summed E-state index contributed by atoms with van der Waals surface area (Å²) < 4.78 is 11.1. The molecule has 1 aromatic carbocycles. The number of aliphatic hydroxyl groups is 1. The zero-order valence-corrected chi connectivity index (χ0v) is 10.5. The Bertz CT molecular complexity index is 374. The molecular weight excluding hydrogens is 216 g/mol. The van der Waals surface area contributed by atoms with Crippen molar-refractivity contribution < 1.29 is 14.6 Å². The number of ether oxygens (including phenoxy) is 2. The van der Waals surface area contributed by atoms with Crippen molar-refractivity contribution in [3.05, 3.63) is 29.3 Å². The highest BCUT2D eigenvalue weighted by atomic mass is 16.5. The second kappa shape index (κ2) is 5.52. The Labute approximate surface area is 102 Å². The average Bonchev–Trinajstić information content (AvgIpc) is 2.67. The summed E-state index contributed by atoms with van der Waals surface area (Å²) in [7, 11) is 0. The van der Waals surface area contributed by atoms with Gasteiger partial charge in [0, 0.05) is 5.56 Å². The minimum atomic E-state index is -0.319. The number of rotatable bonds is 5. The van der Waals surface area contributed by atoms with Crippen LogP contribution in [-0.2, 0) is 11.2 Å². The molecule has 2 rings (SSSR count). The number of aliphatic hydroxyl groups excluding tert-OH is 1. The lowest BCUT2D eigenvalue weighted by Gasteiger charge is -2.12. The molecule has 17 heavy (non-hydrogen) atoms. The maximum absolute atomic E-state index is 9.77. The van der Waals surface area contributed by atoms with Crippen molar-refractivity contribution in [3.63, 3.8) is 0 Å². The molecule has 0 aromatic heterocycles. The van der Waals surface area contributed by atoms with Gasteiger partial charge in [-0.2, -0.15) is 0 Å². The monoisotopic (exact) mass is 236 g/mol. The zero-order chi connectivity index (χ0) is 12.3. The fourth-order valence-corrected chi connectivity index (χ4v) is 2.17. The number of benzene rings is 1. The van der Waals surface area contributed by atoms with Crippen LogP contribution in [0.25, 0.3) is 0 Å². The zero-order valence-electron chi connectivity index (χ0n) is 10.5. The second-order valence-corrected chi connectivity index (χ2v) is 4.65. The van der Waals surface area contributed by atoms with Crippen LogP contribution in [0.5, 0.6) is 5.75 Å². The highest BCUT2D eigenvalue weighted by Gasteiger charge is 2.22. The lowest BCUT2D eigenvalue weighted by atomic mass is 10.1. The van der Waals surface area contributed by atoms with Gasteiger partial charge in [-0.25, -0.2) is 0 Å². The van der Waals surface area contributed by atoms with Gasteiger partial charge in [-0.3, -0.25) is 0 Å². The highest BCUT2D eigenvalue weighted by Crippen LogP contribution is 2.36. The maximum Gasteiger partial charge on any atom is 0.122 e. The van der Waals surface area contributed by atoms with Gasteiger partial charge < -0.3 is 14.6 Å². The third kappa shape index (κ3) is 2.99. The summed E-state index contributed by atoms with van der Waals surface area (Å²) in [5.74, 6) is 0.895. The van der Waals surface area contributed by atoms with Crippen LogP contribution in [0.3, 0.4) is 0 Å². The quantitative estimate of drug-likeness (QED) is 0.798. The van der Waals surface area contributed by atoms with Crippen LogP contribution < -0.4 is 4.74 Å². The maximum atomic E-state index is 9.77. The van der Waals surface area contributed by atoms with E-state index in [1.807, 2.05) is 32.0 Å². The van der Waals surface area contributed by atoms with Crippen LogP contribution in [-0.4, -0.2) is 24.4 Å². The van der Waals surface area contributed by atoms with Crippen molar-refractivity contribution in [2.75, 3.05) is 13.2 Å². The lowest BCUT2D eigenvalue weighted by molar-refractivity contribution is 0.0551. The third-order valence-electron chi connectivity index (χ3n) is 2.99. The molecule has 0 saturated heterocycles. The lowest BCUT2D eigenvalue weighted by Crippen LogP contribution is -2.11. The van der Waals surface area contributed by atoms with Crippen molar-refractivity contribution in [1.82, 2.24) is 0 Å². The van der Waals surface area contributed by atoms with Gasteiger partial charge in [-0.1, -0.05) is 12.1 Å². The van der Waals surface area contributed by atoms with E-state index in [9.17, 15) is 5.11 Å². The predicted octanol–water partition coefficient (Wildman–Crippen LogP) is 2.47. The summed E-state index contributed by atoms with van der Waals surface area (Å²) in [6.45, 7) is 5.18. The Morgan fingerprint density at radius 1 is 1.35 bits per heavy atom. The topological polar surface area (TPSA) is 38.7 Å². The van der Waals surface area contributed by atoms with Gasteiger partial charge in [0.1, 0.15) is 12.4 Å². The van der Waals surface area contributed by atoms with Crippen molar-refractivity contribution in [1.29, 1.82) is 0 Å². The van der Waals surface area contributed by atoms with Crippen LogP contribution in [0.15, 0.2) is 18.2 Å². The summed E-state index contributed by atoms with van der Waals surface area (Å²) in [4.78, 5) is 0. The summed E-state index contributed by atoms with van der Waals surface area (Å²) in [6.07, 6.45) is 1.62. The smallest absolute Gasteiger partial charge is 0.122 e. The van der Waals surface area contributed by atoms with Crippen molar-refractivity contribution in [3.8, 4) is 5.75 Å². The van der Waals surface area contributed by atoms with E-state index in [-0.39, 0.29) is 12.2 Å². The first kappa shape index (κ1) is 12.4. The molecule has 0 fully saturated rings. The minimum absolute atomic E-state index is 0.238. The van der Waals surface area contributed by atoms with Crippen LogP contribution in [0, 0.1) is 0 Å². The Kier molecular flexibility index (Phi) is 4.02. The van der Waals surface area contributed by atoms with Gasteiger partial charge in [0.05, 0.1) is 18.8 Å². The van der Waals surface area contributed by atoms with Crippen molar-refractivity contribution in [2.45, 2.75) is 38.9 Å². The standard InChI is InChI=1S/C14H20O3/c1-10(2)16-8-9-17-14-5-3-4-11-12(14)6-7-13(11)15/h3-5,10,13,15H,6-9H2,1-2H3. The Morgan fingerprint density at radius 3 is 2.94 bits per heavy atom. The van der Waals surface area contributed by atoms with E-state index in [0.29, 0.717) is 13.2 Å². The Morgan fingerprint density at radius 2 is 2.18 bits per heavy atom. The van der Waals surface area contributed by atoms with E-state index in [1.54, 1.807) is 0 Å². The van der Waals surface area contributed by atoms with Crippen LogP contribution in [0.2, 0.25) is 0 Å². The van der Waals surface area contributed by atoms with E-state index >= 15 is 0 Å². The van der Waals surface area contributed by atoms with Crippen LogP contribution in [0.4, 0.5) is 0 Å². The van der Waals surface area contributed by atoms with E-state index in [0.717, 1.165) is 29.7 Å². The fourth-order valence-electron chi connectivity index (χ4n) is 2.17. The molecule has 0 heterocycles. The van der Waals surface area contributed by atoms with E-state index < -0.39 is 0 Å². The first-order valence-corrected chi connectivity index (χ1v) is 6.22. The molecule has 1 aliphatic rings. The molecule has 0 bridgehead atoms. The molecule has 1 aromatic rings. The summed E-state index contributed by atoms with van der Waals surface area (Å²) in [5, 5.41) is 9.77. The summed E-state index contributed by atoms with van der Waals surface area (Å²) in [6, 6.07) is 5.88. The molecule has 0 aliphatic heterocycles. The molecular formula is C14H20O3. The van der Waals surface area contributed by atoms with Gasteiger partial charge in [0.25, 0.3) is 0 Å². The minimum Gasteiger partial charge on any atom is -0.491 e. The van der Waals surface area contributed by atoms with Gasteiger partial charge in [-0.05, 0) is 38.3 Å². The first-order chi connectivity index (χ1) is 8.18. The molecule has 1 N–H and O–H groups in total. The molecule has 1 atom stereocenters. The molecule has 3 heteroatoms. The van der Waals surface area contributed by atoms with Crippen LogP contribution in [0.1, 0.15) is 37.5 Å². The van der Waals surface area contributed by atoms with Gasteiger partial charge in [0.15, 0.2) is 0 Å². The van der Waals surface area contributed by atoms with Gasteiger partial charge in [0.2, 0.25) is 0 Å². The third-order valence-corrected chi connectivity index (χ3v) is 2.99. The molecule has 94 valence electrons. The van der Waals surface area contributed by atoms with E-state index in [4.69, 9.17) is 9.47 Å². The number of fused-ring (bicyclic) bond motifs is 1. The van der Waals surface area contributed by atoms with Gasteiger partial charge in [-0.15, -0.1) is 0 Å². The predicted molar refractivity (Wildman–Crippen MR) is 66.3 cm³/mol. The molecule has 0 spiro atoms. The molecule has 0 saturated carbocycles. The van der Waals surface area contributed by atoms with Crippen molar-refractivity contribution >= 4 is 0 Å². The fraction of sp³-hybridized carbons (Fsp3) is 0.571. The van der Waals surface area contributed by atoms with E-state index in [1.165, 1.54) is 0 Å².